The van der Waals surface area contributed by atoms with Crippen molar-refractivity contribution in [2.24, 2.45) is 4.99 Å². The van der Waals surface area contributed by atoms with Gasteiger partial charge in [0.25, 0.3) is 0 Å². The average molecular weight is 387 g/mol. The lowest BCUT2D eigenvalue weighted by Crippen LogP contribution is -2.62. The first-order valence-corrected chi connectivity index (χ1v) is 9.33. The zero-order valence-corrected chi connectivity index (χ0v) is 16.0. The van der Waals surface area contributed by atoms with Gasteiger partial charge in [-0.05, 0) is 39.8 Å². The number of ether oxygens (including phenoxy) is 1. The average Bonchev–Trinajstić information content (AvgIpc) is 2.44. The molecule has 0 bridgehead atoms. The van der Waals surface area contributed by atoms with E-state index >= 15 is 0 Å². The van der Waals surface area contributed by atoms with Crippen LogP contribution in [-0.2, 0) is 20.3 Å². The summed E-state index contributed by atoms with van der Waals surface area (Å²) >= 11 is 0. The van der Waals surface area contributed by atoms with E-state index in [9.17, 15) is 17.6 Å². The molecular formula is C15H22FN5O4S. The Morgan fingerprint density at radius 1 is 1.46 bits per heavy atom. The number of anilines is 1. The van der Waals surface area contributed by atoms with Gasteiger partial charge in [0.1, 0.15) is 22.9 Å². The first kappa shape index (κ1) is 19.9. The Morgan fingerprint density at radius 3 is 2.65 bits per heavy atom. The first-order valence-electron chi connectivity index (χ1n) is 7.72. The fraction of sp³-hybridized carbons (Fsp3) is 0.533. The summed E-state index contributed by atoms with van der Waals surface area (Å²) in [5.41, 5.74) is 3.13. The van der Waals surface area contributed by atoms with E-state index in [0.29, 0.717) is 0 Å². The molecule has 0 aliphatic carbocycles. The van der Waals surface area contributed by atoms with Gasteiger partial charge in [-0.1, -0.05) is 0 Å². The lowest BCUT2D eigenvalue weighted by molar-refractivity contribution is 0.0602. The minimum atomic E-state index is -3.90. The molecule has 11 heteroatoms. The smallest absolute Gasteiger partial charge is 0.437 e. The third kappa shape index (κ3) is 4.21. The van der Waals surface area contributed by atoms with E-state index < -0.39 is 38.8 Å². The van der Waals surface area contributed by atoms with E-state index in [2.05, 4.69) is 15.3 Å². The Morgan fingerprint density at radius 2 is 2.08 bits per heavy atom. The Balaban J connectivity index is 2.49. The molecule has 9 nitrogen and oxygen atoms in total. The SMILES string of the molecule is CN1/C(=N/C(=O)OC(C)(C)C)N[C@](C)(c2nc(N)ccc2F)CS1(=O)=O. The third-order valence-corrected chi connectivity index (χ3v) is 5.50. The van der Waals surface area contributed by atoms with E-state index in [1.54, 1.807) is 20.8 Å². The number of aromatic nitrogens is 1. The molecule has 3 N–H and O–H groups in total. The number of sulfonamides is 1. The van der Waals surface area contributed by atoms with Crippen LogP contribution in [-0.4, -0.2) is 48.2 Å². The summed E-state index contributed by atoms with van der Waals surface area (Å²) in [6, 6.07) is 2.36. The minimum absolute atomic E-state index is 0.0337. The fourth-order valence-corrected chi connectivity index (χ4v) is 3.88. The second-order valence-corrected chi connectivity index (χ2v) is 9.16. The summed E-state index contributed by atoms with van der Waals surface area (Å²) in [4.78, 5) is 19.6. The molecule has 1 aromatic rings. The van der Waals surface area contributed by atoms with Gasteiger partial charge in [0.15, 0.2) is 0 Å². The summed E-state index contributed by atoms with van der Waals surface area (Å²) in [5, 5.41) is 2.77. The molecular weight excluding hydrogens is 365 g/mol. The van der Waals surface area contributed by atoms with Crippen molar-refractivity contribution in [1.82, 2.24) is 14.6 Å². The molecule has 144 valence electrons. The predicted octanol–water partition coefficient (Wildman–Crippen LogP) is 1.17. The second-order valence-electron chi connectivity index (χ2n) is 7.16. The van der Waals surface area contributed by atoms with Gasteiger partial charge < -0.3 is 15.8 Å². The van der Waals surface area contributed by atoms with E-state index in [4.69, 9.17) is 10.5 Å². The summed E-state index contributed by atoms with van der Waals surface area (Å²) in [7, 11) is -2.67. The number of nitrogen functional groups attached to an aromatic ring is 1. The summed E-state index contributed by atoms with van der Waals surface area (Å²) in [5.74, 6) is -1.49. The molecule has 0 unspecified atom stereocenters. The van der Waals surface area contributed by atoms with Crippen molar-refractivity contribution in [3.8, 4) is 0 Å². The first-order chi connectivity index (χ1) is 11.7. The Hall–Kier alpha value is -2.43. The van der Waals surface area contributed by atoms with Gasteiger partial charge >= 0.3 is 6.09 Å². The van der Waals surface area contributed by atoms with Crippen LogP contribution in [0.3, 0.4) is 0 Å². The van der Waals surface area contributed by atoms with E-state index in [1.807, 2.05) is 0 Å². The highest BCUT2D eigenvalue weighted by Crippen LogP contribution is 2.29. The van der Waals surface area contributed by atoms with Crippen LogP contribution in [0, 0.1) is 5.82 Å². The van der Waals surface area contributed by atoms with Crippen LogP contribution in [0.1, 0.15) is 33.4 Å². The van der Waals surface area contributed by atoms with Crippen LogP contribution in [0.4, 0.5) is 15.0 Å². The van der Waals surface area contributed by atoms with Crippen molar-refractivity contribution in [2.45, 2.75) is 38.8 Å². The molecule has 2 rings (SSSR count). The molecule has 1 saturated heterocycles. The highest BCUT2D eigenvalue weighted by Gasteiger charge is 2.45. The lowest BCUT2D eigenvalue weighted by atomic mass is 9.99. The molecule has 1 aliphatic heterocycles. The number of nitrogens with zero attached hydrogens (tertiary/aromatic N) is 3. The number of hydrogen-bond donors (Lipinski definition) is 2. The number of amides is 1. The summed E-state index contributed by atoms with van der Waals surface area (Å²) in [6.45, 7) is 6.38. The zero-order chi connectivity index (χ0) is 19.9. The standard InChI is InChI=1S/C15H22FN5O4S/c1-14(2,3)25-13(22)19-12-20-15(4,8-26(23,24)21(12)5)11-9(16)6-7-10(17)18-11/h6-7H,8H2,1-5H3,(H2,17,18)(H,19,20,22)/t15-/m0/s1. The molecule has 1 atom stereocenters. The number of hydrogen-bond acceptors (Lipinski definition) is 6. The Labute approximate surface area is 151 Å². The maximum absolute atomic E-state index is 14.3. The molecule has 2 heterocycles. The molecule has 1 amide bonds. The molecule has 0 saturated carbocycles. The number of aliphatic imine (C=N–C) groups is 1. The van der Waals surface area contributed by atoms with Crippen molar-refractivity contribution in [3.63, 3.8) is 0 Å². The highest BCUT2D eigenvalue weighted by molar-refractivity contribution is 7.89. The van der Waals surface area contributed by atoms with E-state index in [-0.39, 0.29) is 17.5 Å². The van der Waals surface area contributed by atoms with Crippen molar-refractivity contribution in [3.05, 3.63) is 23.6 Å². The number of halogens is 1. The van der Waals surface area contributed by atoms with Gasteiger partial charge in [0.2, 0.25) is 16.0 Å². The molecule has 1 fully saturated rings. The van der Waals surface area contributed by atoms with Crippen molar-refractivity contribution in [1.29, 1.82) is 0 Å². The van der Waals surface area contributed by atoms with E-state index in [0.717, 1.165) is 10.4 Å². The minimum Gasteiger partial charge on any atom is -0.442 e. The van der Waals surface area contributed by atoms with Crippen LogP contribution < -0.4 is 11.1 Å². The van der Waals surface area contributed by atoms with Crippen molar-refractivity contribution < 1.29 is 22.3 Å². The number of pyridine rings is 1. The maximum atomic E-state index is 14.3. The molecule has 0 spiro atoms. The molecule has 1 aliphatic rings. The number of guanidine groups is 1. The second kappa shape index (κ2) is 6.38. The Bertz CT molecular complexity index is 865. The van der Waals surface area contributed by atoms with Crippen molar-refractivity contribution in [2.75, 3.05) is 18.5 Å². The molecule has 0 radical (unpaired) electrons. The number of carbonyl (C=O) groups is 1. The monoisotopic (exact) mass is 387 g/mol. The van der Waals surface area contributed by atoms with Gasteiger partial charge in [-0.3, -0.25) is 0 Å². The number of nitrogens with one attached hydrogen (secondary N) is 1. The maximum Gasteiger partial charge on any atom is 0.437 e. The molecule has 1 aromatic heterocycles. The van der Waals surface area contributed by atoms with Crippen LogP contribution in [0.5, 0.6) is 0 Å². The van der Waals surface area contributed by atoms with Gasteiger partial charge in [-0.2, -0.15) is 0 Å². The lowest BCUT2D eigenvalue weighted by Gasteiger charge is -2.39. The van der Waals surface area contributed by atoms with Gasteiger partial charge in [0, 0.05) is 7.05 Å². The number of nitrogens with two attached hydrogens (primary N) is 1. The van der Waals surface area contributed by atoms with Crippen LogP contribution in [0.2, 0.25) is 0 Å². The van der Waals surface area contributed by atoms with Gasteiger partial charge in [0.05, 0.1) is 11.3 Å². The van der Waals surface area contributed by atoms with Gasteiger partial charge in [-0.15, -0.1) is 4.99 Å². The summed E-state index contributed by atoms with van der Waals surface area (Å²) in [6.07, 6.45) is -0.979. The number of rotatable bonds is 1. The topological polar surface area (TPSA) is 127 Å². The van der Waals surface area contributed by atoms with E-state index in [1.165, 1.54) is 20.0 Å². The fourth-order valence-electron chi connectivity index (χ4n) is 2.40. The quantitative estimate of drug-likeness (QED) is 0.740. The third-order valence-electron chi connectivity index (χ3n) is 3.56. The van der Waals surface area contributed by atoms with Crippen LogP contribution in [0.25, 0.3) is 0 Å². The zero-order valence-electron chi connectivity index (χ0n) is 15.2. The van der Waals surface area contributed by atoms with Gasteiger partial charge in [-0.25, -0.2) is 26.9 Å². The molecule has 26 heavy (non-hydrogen) atoms. The summed E-state index contributed by atoms with van der Waals surface area (Å²) < 4.78 is 45.2. The van der Waals surface area contributed by atoms with Crippen LogP contribution in [0.15, 0.2) is 17.1 Å². The molecule has 0 aromatic carbocycles. The number of carbonyl (C=O) groups excluding carboxylic acids is 1. The van der Waals surface area contributed by atoms with Crippen molar-refractivity contribution >= 4 is 27.9 Å². The predicted molar refractivity (Wildman–Crippen MR) is 94.3 cm³/mol. The normalized spacial score (nSPS) is 24.2. The largest absolute Gasteiger partial charge is 0.442 e. The Kier molecular flexibility index (Phi) is 4.88. The van der Waals surface area contributed by atoms with Crippen LogP contribution >= 0.6 is 0 Å². The highest BCUT2D eigenvalue weighted by atomic mass is 32.2.